The van der Waals surface area contributed by atoms with Crippen molar-refractivity contribution in [2.24, 2.45) is 0 Å². The number of nitrogens with zero attached hydrogens (tertiary/aromatic N) is 1. The first-order valence-electron chi connectivity index (χ1n) is 18.6. The van der Waals surface area contributed by atoms with Gasteiger partial charge >= 0.3 is 12.1 Å². The summed E-state index contributed by atoms with van der Waals surface area (Å²) >= 11 is 12.1. The summed E-state index contributed by atoms with van der Waals surface area (Å²) in [6.45, 7) is 3.72. The summed E-state index contributed by atoms with van der Waals surface area (Å²) < 4.78 is 17.7. The molecule has 0 bridgehead atoms. The second kappa shape index (κ2) is 17.1. The first-order valence-corrected chi connectivity index (χ1v) is 19.3. The number of ketones is 1. The Balaban J connectivity index is 1.06. The summed E-state index contributed by atoms with van der Waals surface area (Å²) in [4.78, 5) is 54.6. The summed E-state index contributed by atoms with van der Waals surface area (Å²) in [6, 6.07) is 31.1. The molecule has 0 aliphatic carbocycles. The van der Waals surface area contributed by atoms with Crippen LogP contribution in [0, 0.1) is 0 Å². The minimum Gasteiger partial charge on any atom is -0.489 e. The highest BCUT2D eigenvalue weighted by molar-refractivity contribution is 6.42. The number of carboxylic acids is 1. The van der Waals surface area contributed by atoms with E-state index >= 15 is 0 Å². The van der Waals surface area contributed by atoms with Gasteiger partial charge in [-0.2, -0.15) is 0 Å². The maximum absolute atomic E-state index is 13.9. The smallest absolute Gasteiger partial charge is 0.411 e. The van der Waals surface area contributed by atoms with Gasteiger partial charge in [-0.3, -0.25) is 14.5 Å². The molecule has 0 spiro atoms. The zero-order valence-corrected chi connectivity index (χ0v) is 32.8. The predicted molar refractivity (Wildman–Crippen MR) is 216 cm³/mol. The maximum Gasteiger partial charge on any atom is 0.411 e. The van der Waals surface area contributed by atoms with E-state index in [9.17, 15) is 24.3 Å². The van der Waals surface area contributed by atoms with Gasteiger partial charge in [0.15, 0.2) is 11.9 Å². The summed E-state index contributed by atoms with van der Waals surface area (Å²) in [5, 5.41) is 13.7. The van der Waals surface area contributed by atoms with Gasteiger partial charge in [0.1, 0.15) is 30.2 Å². The third kappa shape index (κ3) is 9.25. The molecule has 10 nitrogen and oxygen atoms in total. The van der Waals surface area contributed by atoms with Gasteiger partial charge < -0.3 is 24.6 Å². The normalized spacial score (nSPS) is 16.5. The monoisotopic (exact) mass is 806 g/mol. The Hall–Kier alpha value is -5.84. The van der Waals surface area contributed by atoms with Crippen molar-refractivity contribution < 1.29 is 38.5 Å². The molecule has 0 fully saturated rings. The fraction of sp³-hybridized carbons (Fsp3) is 0.244. The average molecular weight is 808 g/mol. The molecule has 5 aromatic rings. The quantitative estimate of drug-likeness (QED) is 0.136. The molecule has 2 aliphatic heterocycles. The fourth-order valence-corrected chi connectivity index (χ4v) is 7.36. The van der Waals surface area contributed by atoms with E-state index in [-0.39, 0.29) is 38.2 Å². The van der Waals surface area contributed by atoms with Crippen molar-refractivity contribution in [1.82, 2.24) is 10.2 Å². The molecule has 292 valence electrons. The highest BCUT2D eigenvalue weighted by Gasteiger charge is 2.39. The lowest BCUT2D eigenvalue weighted by atomic mass is 9.88. The zero-order chi connectivity index (χ0) is 40.2. The average Bonchev–Trinajstić information content (AvgIpc) is 3.20. The summed E-state index contributed by atoms with van der Waals surface area (Å²) in [7, 11) is 0. The van der Waals surface area contributed by atoms with E-state index in [1.807, 2.05) is 72.8 Å². The number of carbonyl (C=O) groups is 4. The molecule has 2 amide bonds. The Morgan fingerprint density at radius 1 is 0.842 bits per heavy atom. The van der Waals surface area contributed by atoms with Crippen LogP contribution in [0.1, 0.15) is 53.3 Å². The molecule has 57 heavy (non-hydrogen) atoms. The van der Waals surface area contributed by atoms with Crippen molar-refractivity contribution in [3.63, 3.8) is 0 Å². The van der Waals surface area contributed by atoms with Gasteiger partial charge in [0.25, 0.3) is 0 Å². The molecule has 7 rings (SSSR count). The van der Waals surface area contributed by atoms with E-state index in [4.69, 9.17) is 37.4 Å². The molecule has 1 unspecified atom stereocenters. The number of Topliss-reactive ketones (excluding diaryl/α,β-unsaturated/α-hetero) is 1. The maximum atomic E-state index is 13.9. The Morgan fingerprint density at radius 2 is 1.54 bits per heavy atom. The van der Waals surface area contributed by atoms with Crippen LogP contribution >= 0.6 is 23.2 Å². The number of hydrogen-bond donors (Lipinski definition) is 2. The molecule has 2 N–H and O–H groups in total. The van der Waals surface area contributed by atoms with E-state index < -0.39 is 42.3 Å². The van der Waals surface area contributed by atoms with Crippen LogP contribution in [-0.2, 0) is 51.5 Å². The van der Waals surface area contributed by atoms with Crippen LogP contribution in [0.15, 0.2) is 109 Å². The Kier molecular flexibility index (Phi) is 11.8. The van der Waals surface area contributed by atoms with Crippen molar-refractivity contribution in [3.05, 3.63) is 153 Å². The van der Waals surface area contributed by atoms with Gasteiger partial charge in [-0.1, -0.05) is 102 Å². The Morgan fingerprint density at radius 3 is 2.23 bits per heavy atom. The van der Waals surface area contributed by atoms with Crippen LogP contribution in [0.4, 0.5) is 4.79 Å². The van der Waals surface area contributed by atoms with E-state index in [1.54, 1.807) is 50.2 Å². The van der Waals surface area contributed by atoms with Gasteiger partial charge in [-0.05, 0) is 77.6 Å². The third-order valence-electron chi connectivity index (χ3n) is 9.98. The lowest BCUT2D eigenvalue weighted by Gasteiger charge is -2.37. The molecule has 2 aliphatic rings. The summed E-state index contributed by atoms with van der Waals surface area (Å²) in [5.74, 6) is -0.860. The number of carbonyl (C=O) groups excluding carboxylic acids is 3. The number of fused-ring (bicyclic) bond motifs is 2. The van der Waals surface area contributed by atoms with Crippen LogP contribution in [0.2, 0.25) is 10.0 Å². The first kappa shape index (κ1) is 39.4. The van der Waals surface area contributed by atoms with Crippen molar-refractivity contribution >= 4 is 47.0 Å². The highest BCUT2D eigenvalue weighted by Crippen LogP contribution is 2.38. The minimum absolute atomic E-state index is 0.0117. The van der Waals surface area contributed by atoms with E-state index in [0.717, 1.165) is 33.4 Å². The minimum atomic E-state index is -1.25. The SMILES string of the molecule is CC(C)OC(=O)N1Cc2cc3c(cc2C[C@H]1C(=O)N[C@@H](Cc1ccc(-c2ccccc2)cc1)C(=O)O)CC(=O)C(c1ccc(OCc2ccc(Cl)c(Cl)c2)cc1)O3. The summed E-state index contributed by atoms with van der Waals surface area (Å²) in [6.07, 6.45) is -1.79. The van der Waals surface area contributed by atoms with E-state index in [2.05, 4.69) is 5.32 Å². The van der Waals surface area contributed by atoms with Gasteiger partial charge in [-0.25, -0.2) is 9.59 Å². The molecule has 0 saturated heterocycles. The highest BCUT2D eigenvalue weighted by atomic mass is 35.5. The lowest BCUT2D eigenvalue weighted by molar-refractivity contribution is -0.142. The number of nitrogens with one attached hydrogen (secondary N) is 1. The van der Waals surface area contributed by atoms with Crippen LogP contribution in [0.25, 0.3) is 11.1 Å². The molecule has 12 heteroatoms. The number of benzene rings is 5. The zero-order valence-electron chi connectivity index (χ0n) is 31.2. The van der Waals surface area contributed by atoms with Crippen LogP contribution in [-0.4, -0.2) is 51.9 Å². The van der Waals surface area contributed by atoms with Gasteiger partial charge in [0.2, 0.25) is 5.91 Å². The number of ether oxygens (including phenoxy) is 3. The third-order valence-corrected chi connectivity index (χ3v) is 10.7. The standard InChI is InChI=1S/C45H40Cl2N2O8/c1-26(2)56-45(54)49-24-34-23-41-33(22-40(50)42(57-41)31-13-15-35(16-14-31)55-25-28-10-17-36(46)37(47)18-28)20-32(34)21-39(49)43(51)48-38(44(52)53)19-27-8-11-30(12-9-27)29-6-4-3-5-7-29/h3-18,20,23,26,38-39,42H,19,21-22,24-25H2,1-2H3,(H,48,51)(H,52,53)/t38-,39-,42?/m0/s1. The molecule has 2 heterocycles. The second-order valence-electron chi connectivity index (χ2n) is 14.4. The fourth-order valence-electron chi connectivity index (χ4n) is 7.04. The van der Waals surface area contributed by atoms with Crippen molar-refractivity contribution in [1.29, 1.82) is 0 Å². The molecule has 5 aromatic carbocycles. The van der Waals surface area contributed by atoms with Gasteiger partial charge in [0, 0.05) is 30.4 Å². The van der Waals surface area contributed by atoms with Crippen LogP contribution in [0.3, 0.4) is 0 Å². The topological polar surface area (TPSA) is 131 Å². The number of amides is 2. The number of aliphatic carboxylic acids is 1. The van der Waals surface area contributed by atoms with Crippen LogP contribution in [0.5, 0.6) is 11.5 Å². The van der Waals surface area contributed by atoms with Crippen molar-refractivity contribution in [2.75, 3.05) is 0 Å². The molecule has 0 radical (unpaired) electrons. The Labute approximate surface area is 340 Å². The largest absolute Gasteiger partial charge is 0.489 e. The second-order valence-corrected chi connectivity index (χ2v) is 15.2. The van der Waals surface area contributed by atoms with Crippen LogP contribution < -0.4 is 14.8 Å². The molecule has 3 atom stereocenters. The predicted octanol–water partition coefficient (Wildman–Crippen LogP) is 8.57. The van der Waals surface area contributed by atoms with E-state index in [0.29, 0.717) is 32.7 Å². The van der Waals surface area contributed by atoms with Crippen molar-refractivity contribution in [2.45, 2.75) is 70.6 Å². The molecule has 0 aromatic heterocycles. The number of hydrogen-bond acceptors (Lipinski definition) is 7. The van der Waals surface area contributed by atoms with Gasteiger partial charge in [0.05, 0.1) is 22.7 Å². The Bertz CT molecular complexity index is 2300. The van der Waals surface area contributed by atoms with E-state index in [1.165, 1.54) is 4.90 Å². The lowest BCUT2D eigenvalue weighted by Crippen LogP contribution is -2.56. The molecule has 0 saturated carbocycles. The first-order chi connectivity index (χ1) is 27.4. The number of rotatable bonds is 11. The van der Waals surface area contributed by atoms with Gasteiger partial charge in [-0.15, -0.1) is 0 Å². The number of carboxylic acid groups (broad SMARTS) is 1. The molecular weight excluding hydrogens is 767 g/mol. The number of halogens is 2. The molecular formula is C45H40Cl2N2O8. The summed E-state index contributed by atoms with van der Waals surface area (Å²) in [5.41, 5.74) is 6.40. The van der Waals surface area contributed by atoms with Crippen molar-refractivity contribution in [3.8, 4) is 22.6 Å².